The molecule has 3 nitrogen and oxygen atoms in total. The second-order valence-electron chi connectivity index (χ2n) is 5.06. The van der Waals surface area contributed by atoms with Crippen LogP contribution in [0.25, 0.3) is 0 Å². The van der Waals surface area contributed by atoms with Crippen LogP contribution in [0.5, 0.6) is 0 Å². The summed E-state index contributed by atoms with van der Waals surface area (Å²) in [5.41, 5.74) is 4.66. The summed E-state index contributed by atoms with van der Waals surface area (Å²) < 4.78 is 15.7. The van der Waals surface area contributed by atoms with Gasteiger partial charge in [-0.05, 0) is 45.4 Å². The van der Waals surface area contributed by atoms with Gasteiger partial charge < -0.3 is 5.32 Å². The van der Waals surface area contributed by atoms with Crippen LogP contribution in [0, 0.1) is 26.6 Å². The quantitative estimate of drug-likeness (QED) is 0.913. The Kier molecular flexibility index (Phi) is 3.60. The molecule has 19 heavy (non-hydrogen) atoms. The number of nitrogens with one attached hydrogen (secondary N) is 1. The predicted octanol–water partition coefficient (Wildman–Crippen LogP) is 3.66. The number of hydrogen-bond donors (Lipinski definition) is 1. The van der Waals surface area contributed by atoms with Crippen molar-refractivity contribution >= 4 is 5.69 Å². The largest absolute Gasteiger partial charge is 0.376 e. The van der Waals surface area contributed by atoms with Gasteiger partial charge in [0.2, 0.25) is 0 Å². The zero-order valence-electron chi connectivity index (χ0n) is 12.1. The first-order valence-corrected chi connectivity index (χ1v) is 6.43. The fourth-order valence-electron chi connectivity index (χ4n) is 2.46. The van der Waals surface area contributed by atoms with Crippen LogP contribution in [0.2, 0.25) is 0 Å². The molecule has 102 valence electrons. The van der Waals surface area contributed by atoms with Crippen LogP contribution in [0.4, 0.5) is 10.1 Å². The Balaban J connectivity index is 2.28. The third-order valence-electron chi connectivity index (χ3n) is 3.49. The lowest BCUT2D eigenvalue weighted by Gasteiger charge is -2.17. The Morgan fingerprint density at radius 2 is 1.95 bits per heavy atom. The summed E-state index contributed by atoms with van der Waals surface area (Å²) >= 11 is 0. The van der Waals surface area contributed by atoms with Crippen LogP contribution in [-0.2, 0) is 7.05 Å². The topological polar surface area (TPSA) is 29.9 Å². The van der Waals surface area contributed by atoms with Gasteiger partial charge in [0.15, 0.2) is 0 Å². The van der Waals surface area contributed by atoms with Gasteiger partial charge in [-0.3, -0.25) is 4.68 Å². The number of rotatable bonds is 3. The summed E-state index contributed by atoms with van der Waals surface area (Å²) in [6.07, 6.45) is 0. The van der Waals surface area contributed by atoms with Crippen molar-refractivity contribution in [1.29, 1.82) is 0 Å². The molecule has 0 radical (unpaired) electrons. The first-order chi connectivity index (χ1) is 8.90. The fraction of sp³-hybridized carbons (Fsp3) is 0.400. The van der Waals surface area contributed by atoms with Crippen molar-refractivity contribution in [1.82, 2.24) is 9.78 Å². The highest BCUT2D eigenvalue weighted by Crippen LogP contribution is 2.26. The zero-order chi connectivity index (χ0) is 14.2. The monoisotopic (exact) mass is 261 g/mol. The maximum atomic E-state index is 13.8. The molecule has 1 N–H and O–H groups in total. The highest BCUT2D eigenvalue weighted by molar-refractivity contribution is 5.48. The molecule has 1 aromatic heterocycles. The molecule has 2 aromatic rings. The zero-order valence-corrected chi connectivity index (χ0v) is 12.1. The van der Waals surface area contributed by atoms with Gasteiger partial charge in [-0.15, -0.1) is 0 Å². The lowest BCUT2D eigenvalue weighted by molar-refractivity contribution is 0.626. The Labute approximate surface area is 113 Å². The average Bonchev–Trinajstić information content (AvgIpc) is 2.57. The highest BCUT2D eigenvalue weighted by Gasteiger charge is 2.17. The maximum absolute atomic E-state index is 13.8. The molecular weight excluding hydrogens is 241 g/mol. The van der Waals surface area contributed by atoms with E-state index in [2.05, 4.69) is 10.4 Å². The van der Waals surface area contributed by atoms with Gasteiger partial charge in [-0.2, -0.15) is 5.10 Å². The predicted molar refractivity (Wildman–Crippen MR) is 75.9 cm³/mol. The smallest absolute Gasteiger partial charge is 0.146 e. The van der Waals surface area contributed by atoms with E-state index in [0.29, 0.717) is 5.69 Å². The number of aryl methyl sites for hydroxylation is 3. The van der Waals surface area contributed by atoms with E-state index in [1.54, 1.807) is 6.07 Å². The molecular formula is C15H20FN3. The maximum Gasteiger partial charge on any atom is 0.146 e. The van der Waals surface area contributed by atoms with Crippen molar-refractivity contribution in [2.24, 2.45) is 7.05 Å². The fourth-order valence-corrected chi connectivity index (χ4v) is 2.46. The first kappa shape index (κ1) is 13.6. The number of halogens is 1. The number of anilines is 1. The molecule has 0 spiro atoms. The molecule has 0 aliphatic rings. The van der Waals surface area contributed by atoms with Crippen molar-refractivity contribution in [2.75, 3.05) is 5.32 Å². The van der Waals surface area contributed by atoms with E-state index >= 15 is 0 Å². The molecule has 1 unspecified atom stereocenters. The van der Waals surface area contributed by atoms with Gasteiger partial charge >= 0.3 is 0 Å². The minimum Gasteiger partial charge on any atom is -0.376 e. The third-order valence-corrected chi connectivity index (χ3v) is 3.49. The Morgan fingerprint density at radius 1 is 1.26 bits per heavy atom. The number of benzene rings is 1. The SMILES string of the molecule is Cc1ccc(NC(C)c2c(C)nn(C)c2C)c(F)c1. The van der Waals surface area contributed by atoms with Gasteiger partial charge in [0.1, 0.15) is 5.82 Å². The molecule has 0 amide bonds. The molecule has 0 aliphatic heterocycles. The molecule has 1 atom stereocenters. The number of aromatic nitrogens is 2. The highest BCUT2D eigenvalue weighted by atomic mass is 19.1. The van der Waals surface area contributed by atoms with Crippen LogP contribution in [0.1, 0.15) is 35.5 Å². The van der Waals surface area contributed by atoms with Gasteiger partial charge in [-0.25, -0.2) is 4.39 Å². The van der Waals surface area contributed by atoms with Crippen LogP contribution in [-0.4, -0.2) is 9.78 Å². The van der Waals surface area contributed by atoms with Crippen LogP contribution in [0.3, 0.4) is 0 Å². The van der Waals surface area contributed by atoms with E-state index in [4.69, 9.17) is 0 Å². The van der Waals surface area contributed by atoms with E-state index in [0.717, 1.165) is 22.5 Å². The summed E-state index contributed by atoms with van der Waals surface area (Å²) in [6.45, 7) is 7.91. The first-order valence-electron chi connectivity index (χ1n) is 6.43. The lowest BCUT2D eigenvalue weighted by atomic mass is 10.1. The minimum atomic E-state index is -0.217. The van der Waals surface area contributed by atoms with Crippen molar-refractivity contribution in [3.8, 4) is 0 Å². The van der Waals surface area contributed by atoms with Crippen LogP contribution < -0.4 is 5.32 Å². The summed E-state index contributed by atoms with van der Waals surface area (Å²) in [5, 5.41) is 7.61. The van der Waals surface area contributed by atoms with E-state index in [1.807, 2.05) is 45.5 Å². The van der Waals surface area contributed by atoms with Gasteiger partial charge in [0.25, 0.3) is 0 Å². The van der Waals surface area contributed by atoms with Crippen molar-refractivity contribution in [2.45, 2.75) is 33.7 Å². The number of hydrogen-bond acceptors (Lipinski definition) is 2. The summed E-state index contributed by atoms with van der Waals surface area (Å²) in [6, 6.07) is 5.24. The molecule has 0 fully saturated rings. The van der Waals surface area contributed by atoms with Gasteiger partial charge in [0.05, 0.1) is 17.4 Å². The summed E-state index contributed by atoms with van der Waals surface area (Å²) in [4.78, 5) is 0. The molecule has 1 aromatic carbocycles. The lowest BCUT2D eigenvalue weighted by Crippen LogP contribution is -2.10. The molecule has 0 aliphatic carbocycles. The summed E-state index contributed by atoms with van der Waals surface area (Å²) in [7, 11) is 1.92. The number of nitrogens with zero attached hydrogens (tertiary/aromatic N) is 2. The van der Waals surface area contributed by atoms with E-state index < -0.39 is 0 Å². The average molecular weight is 261 g/mol. The molecule has 0 saturated heterocycles. The van der Waals surface area contributed by atoms with Crippen molar-refractivity contribution < 1.29 is 4.39 Å². The standard InChI is InChI=1S/C15H20FN3/c1-9-6-7-14(13(16)8-9)17-10(2)15-11(3)18-19(5)12(15)4/h6-8,10,17H,1-5H3. The molecule has 0 saturated carbocycles. The Bertz CT molecular complexity index is 602. The minimum absolute atomic E-state index is 0.0194. The molecule has 4 heteroatoms. The van der Waals surface area contributed by atoms with Crippen molar-refractivity contribution in [3.05, 3.63) is 46.5 Å². The molecule has 1 heterocycles. The second-order valence-corrected chi connectivity index (χ2v) is 5.06. The van der Waals surface area contributed by atoms with E-state index in [9.17, 15) is 4.39 Å². The summed E-state index contributed by atoms with van der Waals surface area (Å²) in [5.74, 6) is -0.217. The van der Waals surface area contributed by atoms with Gasteiger partial charge in [0, 0.05) is 18.3 Å². The van der Waals surface area contributed by atoms with E-state index in [-0.39, 0.29) is 11.9 Å². The third kappa shape index (κ3) is 2.62. The molecule has 0 bridgehead atoms. The van der Waals surface area contributed by atoms with Crippen molar-refractivity contribution in [3.63, 3.8) is 0 Å². The van der Waals surface area contributed by atoms with E-state index in [1.165, 1.54) is 6.07 Å². The van der Waals surface area contributed by atoms with Crippen LogP contribution in [0.15, 0.2) is 18.2 Å². The Hall–Kier alpha value is -1.84. The molecule has 2 rings (SSSR count). The normalized spacial score (nSPS) is 12.5. The van der Waals surface area contributed by atoms with Gasteiger partial charge in [-0.1, -0.05) is 6.07 Å². The second kappa shape index (κ2) is 5.03. The Morgan fingerprint density at radius 3 is 2.47 bits per heavy atom. The van der Waals surface area contributed by atoms with Crippen LogP contribution >= 0.6 is 0 Å².